The maximum absolute atomic E-state index is 12.4. The van der Waals surface area contributed by atoms with Gasteiger partial charge in [-0.3, -0.25) is 4.79 Å². The van der Waals surface area contributed by atoms with Gasteiger partial charge in [-0.1, -0.05) is 11.8 Å². The number of nitrogens with zero attached hydrogens (tertiary/aromatic N) is 6. The molecule has 0 aromatic carbocycles. The zero-order chi connectivity index (χ0) is 16.9. The summed E-state index contributed by atoms with van der Waals surface area (Å²) in [4.78, 5) is 33.6. The first-order valence-corrected chi connectivity index (χ1v) is 8.85. The summed E-state index contributed by atoms with van der Waals surface area (Å²) in [6.07, 6.45) is 3.47. The molecular weight excluding hydrogens is 324 g/mol. The summed E-state index contributed by atoms with van der Waals surface area (Å²) >= 11 is 1.40. The molecule has 1 amide bonds. The lowest BCUT2D eigenvalue weighted by atomic mass is 10.3. The number of carbonyl (C=O) groups is 1. The van der Waals surface area contributed by atoms with Gasteiger partial charge in [0.2, 0.25) is 11.9 Å². The Kier molecular flexibility index (Phi) is 5.24. The highest BCUT2D eigenvalue weighted by molar-refractivity contribution is 7.99. The summed E-state index contributed by atoms with van der Waals surface area (Å²) in [5.41, 5.74) is 1.85. The van der Waals surface area contributed by atoms with Gasteiger partial charge < -0.3 is 9.80 Å². The number of hydrogen-bond donors (Lipinski definition) is 0. The van der Waals surface area contributed by atoms with E-state index in [4.69, 9.17) is 0 Å². The number of piperazine rings is 1. The van der Waals surface area contributed by atoms with E-state index >= 15 is 0 Å². The van der Waals surface area contributed by atoms with Crippen LogP contribution in [0.1, 0.15) is 11.4 Å². The van der Waals surface area contributed by atoms with Gasteiger partial charge in [-0.25, -0.2) is 19.9 Å². The van der Waals surface area contributed by atoms with Gasteiger partial charge in [-0.05, 0) is 26.0 Å². The lowest BCUT2D eigenvalue weighted by molar-refractivity contribution is -0.128. The zero-order valence-corrected chi connectivity index (χ0v) is 14.7. The van der Waals surface area contributed by atoms with Crippen molar-refractivity contribution in [2.75, 3.05) is 36.8 Å². The predicted molar refractivity (Wildman–Crippen MR) is 93.1 cm³/mol. The van der Waals surface area contributed by atoms with Crippen molar-refractivity contribution in [1.82, 2.24) is 24.8 Å². The van der Waals surface area contributed by atoms with Crippen molar-refractivity contribution in [3.8, 4) is 0 Å². The normalized spacial score (nSPS) is 14.8. The van der Waals surface area contributed by atoms with Gasteiger partial charge >= 0.3 is 0 Å². The topological polar surface area (TPSA) is 75.1 Å². The van der Waals surface area contributed by atoms with Crippen molar-refractivity contribution in [3.63, 3.8) is 0 Å². The monoisotopic (exact) mass is 344 g/mol. The van der Waals surface area contributed by atoms with Crippen LogP contribution in [-0.4, -0.2) is 62.7 Å². The van der Waals surface area contributed by atoms with Crippen molar-refractivity contribution in [1.29, 1.82) is 0 Å². The van der Waals surface area contributed by atoms with Gasteiger partial charge in [-0.2, -0.15) is 0 Å². The van der Waals surface area contributed by atoms with Crippen LogP contribution in [0.2, 0.25) is 0 Å². The van der Waals surface area contributed by atoms with Crippen LogP contribution in [0.4, 0.5) is 5.95 Å². The molecule has 2 aromatic rings. The molecule has 24 heavy (non-hydrogen) atoms. The molecule has 0 atom stereocenters. The molecule has 0 bridgehead atoms. The molecule has 1 aliphatic rings. The van der Waals surface area contributed by atoms with Crippen LogP contribution < -0.4 is 4.90 Å². The molecule has 0 N–H and O–H groups in total. The lowest BCUT2D eigenvalue weighted by Gasteiger charge is -2.34. The Morgan fingerprint density at radius 2 is 1.71 bits per heavy atom. The summed E-state index contributed by atoms with van der Waals surface area (Å²) in [6, 6.07) is 3.73. The highest BCUT2D eigenvalue weighted by Gasteiger charge is 2.22. The highest BCUT2D eigenvalue weighted by Crippen LogP contribution is 2.16. The standard InChI is InChI=1S/C16H20N6OS/c1-12-10-13(2)20-16(19-12)24-11-14(23)21-6-8-22(9-7-21)15-17-4-3-5-18-15/h3-5,10H,6-9,11H2,1-2H3. The molecule has 2 aromatic heterocycles. The van der Waals surface area contributed by atoms with Crippen LogP contribution >= 0.6 is 11.8 Å². The molecule has 7 nitrogen and oxygen atoms in total. The van der Waals surface area contributed by atoms with Crippen molar-refractivity contribution < 1.29 is 4.79 Å². The Labute approximate surface area is 145 Å². The number of rotatable bonds is 4. The summed E-state index contributed by atoms with van der Waals surface area (Å²) < 4.78 is 0. The first-order valence-electron chi connectivity index (χ1n) is 7.86. The Hall–Kier alpha value is -2.22. The summed E-state index contributed by atoms with van der Waals surface area (Å²) in [5, 5.41) is 0.664. The van der Waals surface area contributed by atoms with E-state index in [1.807, 2.05) is 24.8 Å². The molecule has 1 fully saturated rings. The third-order valence-electron chi connectivity index (χ3n) is 3.75. The van der Waals surface area contributed by atoms with Crippen molar-refractivity contribution in [3.05, 3.63) is 35.9 Å². The number of hydrogen-bond acceptors (Lipinski definition) is 7. The number of aryl methyl sites for hydroxylation is 2. The van der Waals surface area contributed by atoms with Gasteiger partial charge in [0.1, 0.15) is 0 Å². The maximum Gasteiger partial charge on any atom is 0.233 e. The second-order valence-corrected chi connectivity index (χ2v) is 6.58. The highest BCUT2D eigenvalue weighted by atomic mass is 32.2. The molecule has 0 aliphatic carbocycles. The second-order valence-electron chi connectivity index (χ2n) is 5.64. The van der Waals surface area contributed by atoms with Crippen LogP contribution in [0.25, 0.3) is 0 Å². The zero-order valence-electron chi connectivity index (χ0n) is 13.8. The molecule has 0 unspecified atom stereocenters. The summed E-state index contributed by atoms with van der Waals surface area (Å²) in [5.74, 6) is 1.21. The Balaban J connectivity index is 1.50. The Morgan fingerprint density at radius 3 is 2.33 bits per heavy atom. The van der Waals surface area contributed by atoms with Crippen LogP contribution in [0.5, 0.6) is 0 Å². The number of anilines is 1. The molecule has 0 radical (unpaired) electrons. The second kappa shape index (κ2) is 7.57. The predicted octanol–water partition coefficient (Wildman–Crippen LogP) is 1.32. The fraction of sp³-hybridized carbons (Fsp3) is 0.438. The number of carbonyl (C=O) groups excluding carboxylic acids is 1. The summed E-state index contributed by atoms with van der Waals surface area (Å²) in [7, 11) is 0. The number of aromatic nitrogens is 4. The quantitative estimate of drug-likeness (QED) is 0.612. The number of thioether (sulfide) groups is 1. The molecule has 0 saturated carbocycles. The first kappa shape index (κ1) is 16.6. The van der Waals surface area contributed by atoms with E-state index in [-0.39, 0.29) is 5.91 Å². The molecule has 3 rings (SSSR count). The van der Waals surface area contributed by atoms with Gasteiger partial charge in [0.25, 0.3) is 0 Å². The van der Waals surface area contributed by atoms with E-state index < -0.39 is 0 Å². The maximum atomic E-state index is 12.4. The minimum absolute atomic E-state index is 0.122. The van der Waals surface area contributed by atoms with E-state index in [0.717, 1.165) is 30.4 Å². The third-order valence-corrected chi connectivity index (χ3v) is 4.59. The molecule has 3 heterocycles. The number of amides is 1. The van der Waals surface area contributed by atoms with Crippen LogP contribution in [0.15, 0.2) is 29.7 Å². The van der Waals surface area contributed by atoms with Gasteiger partial charge in [-0.15, -0.1) is 0 Å². The molecule has 0 spiro atoms. The average molecular weight is 344 g/mol. The van der Waals surface area contributed by atoms with Crippen molar-refractivity contribution in [2.45, 2.75) is 19.0 Å². The van der Waals surface area contributed by atoms with Crippen LogP contribution in [0.3, 0.4) is 0 Å². The molecule has 1 aliphatic heterocycles. The van der Waals surface area contributed by atoms with Gasteiger partial charge in [0.15, 0.2) is 5.16 Å². The smallest absolute Gasteiger partial charge is 0.233 e. The fourth-order valence-electron chi connectivity index (χ4n) is 2.59. The van der Waals surface area contributed by atoms with Crippen LogP contribution in [0, 0.1) is 13.8 Å². The fourth-order valence-corrected chi connectivity index (χ4v) is 3.44. The van der Waals surface area contributed by atoms with Crippen molar-refractivity contribution in [2.24, 2.45) is 0 Å². The minimum atomic E-state index is 0.122. The van der Waals surface area contributed by atoms with E-state index in [1.165, 1.54) is 11.8 Å². The van der Waals surface area contributed by atoms with E-state index in [0.29, 0.717) is 24.0 Å². The van der Waals surface area contributed by atoms with Gasteiger partial charge in [0, 0.05) is 50.0 Å². The summed E-state index contributed by atoms with van der Waals surface area (Å²) in [6.45, 7) is 6.74. The Bertz CT molecular complexity index is 683. The molecule has 126 valence electrons. The largest absolute Gasteiger partial charge is 0.338 e. The minimum Gasteiger partial charge on any atom is -0.338 e. The van der Waals surface area contributed by atoms with Crippen LogP contribution in [-0.2, 0) is 4.79 Å². The SMILES string of the molecule is Cc1cc(C)nc(SCC(=O)N2CCN(c3ncccn3)CC2)n1. The molecule has 8 heteroatoms. The lowest BCUT2D eigenvalue weighted by Crippen LogP contribution is -2.49. The van der Waals surface area contributed by atoms with Crippen molar-refractivity contribution >= 4 is 23.6 Å². The third kappa shape index (κ3) is 4.19. The first-order chi connectivity index (χ1) is 11.6. The van der Waals surface area contributed by atoms with E-state index in [1.54, 1.807) is 18.5 Å². The van der Waals surface area contributed by atoms with E-state index in [9.17, 15) is 4.79 Å². The van der Waals surface area contributed by atoms with Gasteiger partial charge in [0.05, 0.1) is 5.75 Å². The average Bonchev–Trinajstić information content (AvgIpc) is 2.60. The van der Waals surface area contributed by atoms with E-state index in [2.05, 4.69) is 24.8 Å². The molecule has 1 saturated heterocycles. The Morgan fingerprint density at radius 1 is 1.08 bits per heavy atom. The molecular formula is C16H20N6OS.